The summed E-state index contributed by atoms with van der Waals surface area (Å²) in [5, 5.41) is 15.3. The number of nitrogens with one attached hydrogen (secondary N) is 2. The van der Waals surface area contributed by atoms with Crippen molar-refractivity contribution in [2.24, 2.45) is 5.92 Å². The standard InChI is InChI=1S/C25H37N3O5/c1-8-10-11-15-26-22(30)21(18-13-12-14-19(29)16-18)28(9-2)23(31)20(17(3)4)27-24(32)33-25(5,6)7/h2,12-14,16-17,20-21,29H,8,10-11,15H2,1,3-7H3,(H,26,30)(H,27,32). The Labute approximate surface area is 197 Å². The monoisotopic (exact) mass is 459 g/mol. The fourth-order valence-corrected chi connectivity index (χ4v) is 3.16. The number of carbonyl (C=O) groups is 3. The number of ether oxygens (including phenoxy) is 1. The van der Waals surface area contributed by atoms with Gasteiger partial charge in [0.2, 0.25) is 5.91 Å². The van der Waals surface area contributed by atoms with Crippen LogP contribution in [0.4, 0.5) is 4.79 Å². The molecule has 0 heterocycles. The molecule has 8 nitrogen and oxygen atoms in total. The van der Waals surface area contributed by atoms with Crippen LogP contribution < -0.4 is 10.6 Å². The molecule has 0 fully saturated rings. The number of benzene rings is 1. The summed E-state index contributed by atoms with van der Waals surface area (Å²) in [5.41, 5.74) is -0.391. The van der Waals surface area contributed by atoms with E-state index in [1.807, 2.05) is 0 Å². The van der Waals surface area contributed by atoms with Crippen LogP contribution in [0.1, 0.15) is 72.4 Å². The van der Waals surface area contributed by atoms with Crippen LogP contribution in [0.5, 0.6) is 5.75 Å². The minimum absolute atomic E-state index is 0.0620. The lowest BCUT2D eigenvalue weighted by atomic mass is 9.99. The Hall–Kier alpha value is -3.21. The number of hydrogen-bond acceptors (Lipinski definition) is 5. The van der Waals surface area contributed by atoms with E-state index in [0.717, 1.165) is 24.2 Å². The summed E-state index contributed by atoms with van der Waals surface area (Å²) in [4.78, 5) is 39.9. The topological polar surface area (TPSA) is 108 Å². The van der Waals surface area contributed by atoms with Gasteiger partial charge in [-0.3, -0.25) is 14.5 Å². The summed E-state index contributed by atoms with van der Waals surface area (Å²) in [6.07, 6.45) is 7.67. The molecule has 0 radical (unpaired) electrons. The van der Waals surface area contributed by atoms with Crippen LogP contribution in [0.3, 0.4) is 0 Å². The van der Waals surface area contributed by atoms with Crippen molar-refractivity contribution < 1.29 is 24.2 Å². The van der Waals surface area contributed by atoms with Gasteiger partial charge in [-0.1, -0.05) is 52.2 Å². The second-order valence-electron chi connectivity index (χ2n) is 9.20. The molecular formula is C25H37N3O5. The lowest BCUT2D eigenvalue weighted by Gasteiger charge is -2.31. The lowest BCUT2D eigenvalue weighted by Crippen LogP contribution is -2.53. The van der Waals surface area contributed by atoms with E-state index in [1.165, 1.54) is 12.1 Å². The summed E-state index contributed by atoms with van der Waals surface area (Å²) in [5.74, 6) is -1.50. The Balaban J connectivity index is 3.26. The zero-order valence-electron chi connectivity index (χ0n) is 20.5. The first kappa shape index (κ1) is 27.8. The number of rotatable bonds is 10. The number of nitrogens with zero attached hydrogens (tertiary/aromatic N) is 1. The third-order valence-corrected chi connectivity index (χ3v) is 4.75. The molecule has 0 spiro atoms. The zero-order valence-corrected chi connectivity index (χ0v) is 20.5. The second-order valence-corrected chi connectivity index (χ2v) is 9.20. The smallest absolute Gasteiger partial charge is 0.408 e. The van der Waals surface area contributed by atoms with Gasteiger partial charge in [0.15, 0.2) is 0 Å². The third-order valence-electron chi connectivity index (χ3n) is 4.75. The van der Waals surface area contributed by atoms with Crippen LogP contribution in [0.15, 0.2) is 24.3 Å². The Kier molecular flexibility index (Phi) is 10.7. The highest BCUT2D eigenvalue weighted by Crippen LogP contribution is 2.26. The Morgan fingerprint density at radius 3 is 2.39 bits per heavy atom. The minimum Gasteiger partial charge on any atom is -0.508 e. The molecule has 0 saturated heterocycles. The molecule has 2 atom stereocenters. The minimum atomic E-state index is -1.18. The van der Waals surface area contributed by atoms with Crippen LogP contribution in [-0.4, -0.2) is 46.1 Å². The van der Waals surface area contributed by atoms with Crippen molar-refractivity contribution in [1.29, 1.82) is 0 Å². The maximum atomic E-state index is 13.5. The van der Waals surface area contributed by atoms with Crippen molar-refractivity contribution >= 4 is 17.9 Å². The van der Waals surface area contributed by atoms with Gasteiger partial charge in [0.1, 0.15) is 23.4 Å². The molecule has 0 aromatic heterocycles. The maximum absolute atomic E-state index is 13.5. The van der Waals surface area contributed by atoms with Gasteiger partial charge in [-0.05, 0) is 50.8 Å². The average Bonchev–Trinajstić information content (AvgIpc) is 2.71. The molecule has 0 saturated carbocycles. The highest BCUT2D eigenvalue weighted by Gasteiger charge is 2.37. The molecule has 1 aromatic rings. The van der Waals surface area contributed by atoms with Gasteiger partial charge in [0.05, 0.1) is 0 Å². The second kappa shape index (κ2) is 12.7. The third kappa shape index (κ3) is 9.05. The first-order valence-corrected chi connectivity index (χ1v) is 11.3. The van der Waals surface area contributed by atoms with Gasteiger partial charge in [-0.15, -0.1) is 0 Å². The molecule has 182 valence electrons. The SMILES string of the molecule is C#CN(C(=O)C(NC(=O)OC(C)(C)C)C(C)C)C(C(=O)NCCCCC)c1cccc(O)c1. The van der Waals surface area contributed by atoms with Crippen LogP contribution in [0.25, 0.3) is 0 Å². The summed E-state index contributed by atoms with van der Waals surface area (Å²) in [7, 11) is 0. The molecule has 0 aliphatic carbocycles. The summed E-state index contributed by atoms with van der Waals surface area (Å²) in [6, 6.07) is 6.13. The van der Waals surface area contributed by atoms with Crippen molar-refractivity contribution in [3.63, 3.8) is 0 Å². The quantitative estimate of drug-likeness (QED) is 0.281. The van der Waals surface area contributed by atoms with Crippen LogP contribution in [0.2, 0.25) is 0 Å². The molecule has 2 unspecified atom stereocenters. The van der Waals surface area contributed by atoms with Crippen molar-refractivity contribution in [1.82, 2.24) is 15.5 Å². The highest BCUT2D eigenvalue weighted by atomic mass is 16.6. The number of terminal acetylenes is 1. The number of amides is 3. The van der Waals surface area contributed by atoms with E-state index < -0.39 is 35.6 Å². The van der Waals surface area contributed by atoms with E-state index in [9.17, 15) is 19.5 Å². The summed E-state index contributed by atoms with van der Waals surface area (Å²) in [6.45, 7) is 11.1. The number of carbonyl (C=O) groups excluding carboxylic acids is 3. The van der Waals surface area contributed by atoms with Crippen molar-refractivity contribution in [3.05, 3.63) is 29.8 Å². The van der Waals surface area contributed by atoms with Crippen molar-refractivity contribution in [3.8, 4) is 18.2 Å². The molecule has 3 amide bonds. The van der Waals surface area contributed by atoms with Crippen LogP contribution in [-0.2, 0) is 14.3 Å². The first-order valence-electron chi connectivity index (χ1n) is 11.3. The molecule has 3 N–H and O–H groups in total. The molecular weight excluding hydrogens is 422 g/mol. The van der Waals surface area contributed by atoms with E-state index in [0.29, 0.717) is 12.1 Å². The number of alkyl carbamates (subject to hydrolysis) is 1. The van der Waals surface area contributed by atoms with E-state index >= 15 is 0 Å². The Morgan fingerprint density at radius 2 is 1.88 bits per heavy atom. The van der Waals surface area contributed by atoms with E-state index in [1.54, 1.807) is 46.8 Å². The maximum Gasteiger partial charge on any atom is 0.408 e. The van der Waals surface area contributed by atoms with Crippen molar-refractivity contribution in [2.75, 3.05) is 6.54 Å². The van der Waals surface area contributed by atoms with Gasteiger partial charge in [-0.2, -0.15) is 0 Å². The van der Waals surface area contributed by atoms with Gasteiger partial charge in [-0.25, -0.2) is 4.79 Å². The Morgan fingerprint density at radius 1 is 1.21 bits per heavy atom. The van der Waals surface area contributed by atoms with Gasteiger partial charge < -0.3 is 20.5 Å². The van der Waals surface area contributed by atoms with E-state index in [2.05, 4.69) is 23.6 Å². The van der Waals surface area contributed by atoms with Crippen LogP contribution >= 0.6 is 0 Å². The number of unbranched alkanes of at least 4 members (excludes halogenated alkanes) is 2. The average molecular weight is 460 g/mol. The molecule has 33 heavy (non-hydrogen) atoms. The van der Waals surface area contributed by atoms with Gasteiger partial charge >= 0.3 is 6.09 Å². The predicted octanol–water partition coefficient (Wildman–Crippen LogP) is 3.71. The molecule has 0 aliphatic rings. The van der Waals surface area contributed by atoms with Gasteiger partial charge in [0, 0.05) is 12.6 Å². The molecule has 8 heteroatoms. The van der Waals surface area contributed by atoms with E-state index in [4.69, 9.17) is 11.2 Å². The molecule has 0 bridgehead atoms. The van der Waals surface area contributed by atoms with Crippen molar-refractivity contribution in [2.45, 2.75) is 78.5 Å². The molecule has 1 aromatic carbocycles. The highest BCUT2D eigenvalue weighted by molar-refractivity contribution is 5.93. The fraction of sp³-hybridized carbons (Fsp3) is 0.560. The number of phenolic OH excluding ortho intramolecular Hbond substituents is 1. The largest absolute Gasteiger partial charge is 0.508 e. The summed E-state index contributed by atoms with van der Waals surface area (Å²) < 4.78 is 5.28. The first-order chi connectivity index (χ1) is 15.4. The molecule has 0 aliphatic heterocycles. The predicted molar refractivity (Wildman–Crippen MR) is 127 cm³/mol. The summed E-state index contributed by atoms with van der Waals surface area (Å²) >= 11 is 0. The number of phenols is 1. The number of aromatic hydroxyl groups is 1. The fourth-order valence-electron chi connectivity index (χ4n) is 3.16. The van der Waals surface area contributed by atoms with Gasteiger partial charge in [0.25, 0.3) is 5.91 Å². The lowest BCUT2D eigenvalue weighted by molar-refractivity contribution is -0.139. The number of hydrogen-bond donors (Lipinski definition) is 3. The zero-order chi connectivity index (χ0) is 25.2. The molecule has 1 rings (SSSR count). The van der Waals surface area contributed by atoms with Crippen LogP contribution in [0, 0.1) is 18.4 Å². The van der Waals surface area contributed by atoms with E-state index in [-0.39, 0.29) is 11.7 Å². The Bertz CT molecular complexity index is 854. The normalized spacial score (nSPS) is 12.9.